The monoisotopic (exact) mass is 927 g/mol. The van der Waals surface area contributed by atoms with Gasteiger partial charge in [-0.05, 0) is 121 Å². The third-order valence-corrected chi connectivity index (χ3v) is 11.7. The van der Waals surface area contributed by atoms with Gasteiger partial charge in [0.1, 0.15) is 0 Å². The lowest BCUT2D eigenvalue weighted by molar-refractivity contribution is 0.701. The molecule has 6 aromatic rings. The first-order valence-corrected chi connectivity index (χ1v) is 25.7. The Morgan fingerprint density at radius 1 is 0.700 bits per heavy atom. The van der Waals surface area contributed by atoms with Gasteiger partial charge in [0.15, 0.2) is 0 Å². The van der Waals surface area contributed by atoms with Gasteiger partial charge in [0.25, 0.3) is 0 Å². The quantitative estimate of drug-likeness (QED) is 0.0454. The maximum Gasteiger partial charge on any atom is 0.0671 e. The van der Waals surface area contributed by atoms with Gasteiger partial charge in [-0.1, -0.05) is 267 Å². The molecule has 0 saturated heterocycles. The van der Waals surface area contributed by atoms with E-state index in [4.69, 9.17) is 10.7 Å². The van der Waals surface area contributed by atoms with Crippen LogP contribution in [0.15, 0.2) is 217 Å². The van der Waals surface area contributed by atoms with Crippen LogP contribution in [0.4, 0.5) is 5.69 Å². The van der Waals surface area contributed by atoms with Crippen LogP contribution in [0.25, 0.3) is 34.0 Å². The van der Waals surface area contributed by atoms with Gasteiger partial charge < -0.3 is 5.73 Å². The molecule has 8 rings (SSSR count). The van der Waals surface area contributed by atoms with Crippen LogP contribution in [-0.2, 0) is 0 Å². The highest BCUT2D eigenvalue weighted by Crippen LogP contribution is 2.38. The number of benzene rings is 6. The van der Waals surface area contributed by atoms with Crippen LogP contribution in [0.1, 0.15) is 139 Å². The number of anilines is 1. The predicted octanol–water partition coefficient (Wildman–Crippen LogP) is 20.0. The molecular formula is C68H82N2. The number of hydrogen-bond donors (Lipinski definition) is 1. The maximum absolute atomic E-state index is 6.37. The summed E-state index contributed by atoms with van der Waals surface area (Å²) in [5.74, 6) is 1.16. The molecule has 364 valence electrons. The molecule has 6 aromatic carbocycles. The van der Waals surface area contributed by atoms with Crippen molar-refractivity contribution in [1.82, 2.24) is 0 Å². The van der Waals surface area contributed by atoms with Gasteiger partial charge in [0.2, 0.25) is 0 Å². The fourth-order valence-corrected chi connectivity index (χ4v) is 8.10. The Bertz CT molecular complexity index is 2700. The topological polar surface area (TPSA) is 38.4 Å². The van der Waals surface area contributed by atoms with Crippen molar-refractivity contribution in [2.24, 2.45) is 10.9 Å². The van der Waals surface area contributed by atoms with E-state index in [0.717, 1.165) is 62.8 Å². The number of nitrogen functional groups attached to an aromatic ring is 1. The molecular weight excluding hydrogens is 845 g/mol. The number of aliphatic imine (C=N–C) groups is 1. The average Bonchev–Trinajstić information content (AvgIpc) is 4.08. The largest absolute Gasteiger partial charge is 0.398 e. The first-order valence-electron chi connectivity index (χ1n) is 25.7. The molecule has 2 atom stereocenters. The molecule has 0 heterocycles. The van der Waals surface area contributed by atoms with E-state index in [0.29, 0.717) is 5.92 Å². The van der Waals surface area contributed by atoms with E-state index >= 15 is 0 Å². The molecule has 0 radical (unpaired) electrons. The minimum Gasteiger partial charge on any atom is -0.398 e. The van der Waals surface area contributed by atoms with E-state index in [1.807, 2.05) is 96.2 Å². The highest BCUT2D eigenvalue weighted by atomic mass is 14.8. The number of aryl methyl sites for hydroxylation is 2. The summed E-state index contributed by atoms with van der Waals surface area (Å²) in [5.41, 5.74) is 25.0. The number of nitrogens with two attached hydrogens (primary N) is 1. The number of para-hydroxylation sites is 1. The van der Waals surface area contributed by atoms with E-state index in [-0.39, 0.29) is 0 Å². The summed E-state index contributed by atoms with van der Waals surface area (Å²) in [6, 6.07) is 52.5. The Hall–Kier alpha value is -7.03. The third-order valence-electron chi connectivity index (χ3n) is 11.7. The average molecular weight is 927 g/mol. The van der Waals surface area contributed by atoms with Gasteiger partial charge >= 0.3 is 0 Å². The van der Waals surface area contributed by atoms with E-state index in [2.05, 4.69) is 200 Å². The zero-order chi connectivity index (χ0) is 51.3. The molecule has 2 aliphatic carbocycles. The second-order valence-electron chi connectivity index (χ2n) is 16.8. The molecule has 2 N–H and O–H groups in total. The summed E-state index contributed by atoms with van der Waals surface area (Å²) in [5, 5.41) is 0. The van der Waals surface area contributed by atoms with Crippen LogP contribution in [-0.4, -0.2) is 5.71 Å². The van der Waals surface area contributed by atoms with Crippen molar-refractivity contribution >= 4 is 34.3 Å². The second kappa shape index (κ2) is 31.9. The van der Waals surface area contributed by atoms with Crippen molar-refractivity contribution in [3.8, 4) is 11.1 Å². The predicted molar refractivity (Wildman–Crippen MR) is 315 cm³/mol. The summed E-state index contributed by atoms with van der Waals surface area (Å²) in [6.07, 6.45) is 23.2. The highest BCUT2D eigenvalue weighted by Gasteiger charge is 2.17. The summed E-state index contributed by atoms with van der Waals surface area (Å²) in [4.78, 5) is 4.96. The lowest BCUT2D eigenvalue weighted by atomic mass is 9.87. The molecule has 0 aromatic heterocycles. The van der Waals surface area contributed by atoms with Crippen molar-refractivity contribution in [3.05, 3.63) is 257 Å². The molecule has 2 unspecified atom stereocenters. The number of rotatable bonds is 11. The maximum atomic E-state index is 6.37. The van der Waals surface area contributed by atoms with Crippen molar-refractivity contribution in [2.45, 2.75) is 108 Å². The molecule has 70 heavy (non-hydrogen) atoms. The number of hydrogen-bond acceptors (Lipinski definition) is 2. The normalized spacial score (nSPS) is 14.3. The van der Waals surface area contributed by atoms with Gasteiger partial charge in [-0.3, -0.25) is 4.99 Å². The lowest BCUT2D eigenvalue weighted by Gasteiger charge is -2.17. The molecule has 2 nitrogen and oxygen atoms in total. The first-order chi connectivity index (χ1) is 34.1. The van der Waals surface area contributed by atoms with Gasteiger partial charge in [-0.25, -0.2) is 0 Å². The zero-order valence-electron chi connectivity index (χ0n) is 44.6. The minimum atomic E-state index is 0.295. The van der Waals surface area contributed by atoms with Gasteiger partial charge in [-0.15, -0.1) is 0 Å². The molecule has 0 aliphatic heterocycles. The van der Waals surface area contributed by atoms with Crippen LogP contribution in [0.5, 0.6) is 0 Å². The smallest absolute Gasteiger partial charge is 0.0671 e. The van der Waals surface area contributed by atoms with E-state index in [9.17, 15) is 0 Å². The Morgan fingerprint density at radius 3 is 1.87 bits per heavy atom. The van der Waals surface area contributed by atoms with E-state index in [1.165, 1.54) is 51.8 Å². The Kier molecular flexibility index (Phi) is 26.1. The fourth-order valence-electron chi connectivity index (χ4n) is 8.10. The van der Waals surface area contributed by atoms with Crippen LogP contribution < -0.4 is 5.73 Å². The third kappa shape index (κ3) is 17.5. The molecule has 0 amide bonds. The SMILES string of the molecule is C=C/C=C\C(=C/c1ccc(C)cc1-c1ccccc1N)c1cccc(C)c1C1=C(C)CC=C1.CC.CC.CC.CC(=N/C(=C\C(C)c1ccccc1)c1ccccc1)c1ccccc1.CC1C=CCC1. The highest BCUT2D eigenvalue weighted by molar-refractivity contribution is 6.02. The molecule has 0 spiro atoms. The lowest BCUT2D eigenvalue weighted by Crippen LogP contribution is -1.97. The van der Waals surface area contributed by atoms with Crippen LogP contribution in [0.3, 0.4) is 0 Å². The van der Waals surface area contributed by atoms with Crippen molar-refractivity contribution in [3.63, 3.8) is 0 Å². The van der Waals surface area contributed by atoms with Crippen LogP contribution >= 0.6 is 0 Å². The Labute approximate surface area is 425 Å². The molecule has 0 fully saturated rings. The fraction of sp³-hybridized carbons (Fsp3) is 0.250. The number of nitrogens with zero attached hydrogens (tertiary/aromatic N) is 1. The van der Waals surface area contributed by atoms with Crippen LogP contribution in [0.2, 0.25) is 0 Å². The van der Waals surface area contributed by atoms with Crippen LogP contribution in [0, 0.1) is 19.8 Å². The van der Waals surface area contributed by atoms with Gasteiger partial charge in [0.05, 0.1) is 5.70 Å². The zero-order valence-corrected chi connectivity index (χ0v) is 44.6. The Balaban J connectivity index is 0.000000308. The molecule has 0 saturated carbocycles. The second-order valence-corrected chi connectivity index (χ2v) is 16.8. The minimum absolute atomic E-state index is 0.295. The summed E-state index contributed by atoms with van der Waals surface area (Å²) >= 11 is 0. The standard InChI is InChI=1S/C32H31N.C24H23N.C6H10.3C2H6/c1-5-6-13-25(28-16-10-12-24(4)32(28)27-15-9-11-23(27)3)21-26-19-18-22(2)20-30(26)29-14-7-8-17-31(29)33;1-19(21-12-6-3-7-13-21)18-24(23-16-10-5-11-17-23)25-20(2)22-14-8-4-9-15-22;1-6-4-2-3-5-6;3*1-2/h5-10,12-21H,1,11,33H2,2-4H3;3-19H,1-2H3;2,4,6H,3,5H2,1H3;3*1-2H3/b13-6-,25-21+;24-18-,25-20?;;;;. The first kappa shape index (κ1) is 57.3. The summed E-state index contributed by atoms with van der Waals surface area (Å²) < 4.78 is 0. The van der Waals surface area contributed by atoms with Crippen molar-refractivity contribution in [1.29, 1.82) is 0 Å². The number of allylic oxidation sites excluding steroid dienone is 11. The van der Waals surface area contributed by atoms with Crippen molar-refractivity contribution < 1.29 is 0 Å². The molecule has 2 aliphatic rings. The summed E-state index contributed by atoms with van der Waals surface area (Å²) in [6.45, 7) is 29.0. The molecule has 2 heteroatoms. The van der Waals surface area contributed by atoms with Gasteiger partial charge in [-0.2, -0.15) is 0 Å². The van der Waals surface area contributed by atoms with E-state index in [1.54, 1.807) is 0 Å². The summed E-state index contributed by atoms with van der Waals surface area (Å²) in [7, 11) is 0. The van der Waals surface area contributed by atoms with Crippen molar-refractivity contribution in [2.75, 3.05) is 5.73 Å². The Morgan fingerprint density at radius 2 is 1.31 bits per heavy atom. The molecule has 0 bridgehead atoms. The van der Waals surface area contributed by atoms with Gasteiger partial charge in [0, 0.05) is 22.9 Å². The van der Waals surface area contributed by atoms with E-state index < -0.39 is 0 Å².